The van der Waals surface area contributed by atoms with E-state index in [-0.39, 0.29) is 0 Å². The minimum absolute atomic E-state index is 0.478. The summed E-state index contributed by atoms with van der Waals surface area (Å²) in [7, 11) is 0. The van der Waals surface area contributed by atoms with E-state index in [4.69, 9.17) is 4.74 Å². The summed E-state index contributed by atoms with van der Waals surface area (Å²) >= 11 is 2.97. The molecule has 0 atom stereocenters. The van der Waals surface area contributed by atoms with Gasteiger partial charge in [-0.3, -0.25) is 0 Å². The molecule has 0 aliphatic rings. The molecule has 0 rings (SSSR count). The zero-order valence-electron chi connectivity index (χ0n) is 6.51. The number of ether oxygens (including phenoxy) is 1. The van der Waals surface area contributed by atoms with Crippen LogP contribution in [-0.2, 0) is 4.74 Å². The van der Waals surface area contributed by atoms with Crippen molar-refractivity contribution in [3.63, 3.8) is 0 Å². The summed E-state index contributed by atoms with van der Waals surface area (Å²) in [5.74, 6) is 2.73. The number of allylic oxidation sites excluding steroid dienone is 3. The molecule has 0 aromatic rings. The monoisotopic (exact) mass is 214 g/mol. The molecule has 11 heavy (non-hydrogen) atoms. The largest absolute Gasteiger partial charge is 0.365 e. The topological polar surface area (TPSA) is 9.23 Å². The fraction of sp³-hybridized carbons (Fsp3) is 0.333. The first-order valence-corrected chi connectivity index (χ1v) is 4.15. The molecule has 0 N–H and O–H groups in total. The molecule has 60 valence electrons. The lowest BCUT2D eigenvalue weighted by Gasteiger charge is -1.89. The molecule has 0 saturated heterocycles. The molecular weight excluding hydrogens is 204 g/mol. The van der Waals surface area contributed by atoms with Crippen molar-refractivity contribution in [2.24, 2.45) is 0 Å². The van der Waals surface area contributed by atoms with E-state index in [9.17, 15) is 0 Å². The third-order valence-corrected chi connectivity index (χ3v) is 1.18. The Hall–Kier alpha value is -0.520. The Morgan fingerprint density at radius 3 is 2.91 bits per heavy atom. The van der Waals surface area contributed by atoms with Gasteiger partial charge < -0.3 is 4.74 Å². The standard InChI is InChI=1S/C9H11BrO/c1-2-3-4-5-8-11-9-6-7-10/h2-5H,8-9H2,1H3/b3-2+,5-4+. The Bertz CT molecular complexity index is 183. The molecule has 0 radical (unpaired) electrons. The molecule has 1 nitrogen and oxygen atoms in total. The first-order chi connectivity index (χ1) is 5.41. The number of halogens is 1. The third-order valence-electron chi connectivity index (χ3n) is 0.895. The minimum atomic E-state index is 0.478. The predicted octanol–water partition coefficient (Wildman–Crippen LogP) is 2.49. The van der Waals surface area contributed by atoms with Crippen LogP contribution in [0.3, 0.4) is 0 Å². The maximum Gasteiger partial charge on any atom is 0.109 e. The molecule has 2 heteroatoms. The highest BCUT2D eigenvalue weighted by Crippen LogP contribution is 1.79. The van der Waals surface area contributed by atoms with E-state index in [1.165, 1.54) is 0 Å². The molecule has 0 saturated carbocycles. The second-order valence-corrected chi connectivity index (χ2v) is 2.14. The van der Waals surface area contributed by atoms with Crippen LogP contribution < -0.4 is 0 Å². The number of hydrogen-bond donors (Lipinski definition) is 0. The number of hydrogen-bond acceptors (Lipinski definition) is 1. The normalized spacial score (nSPS) is 10.4. The summed E-state index contributed by atoms with van der Waals surface area (Å²) in [5, 5.41) is 0. The highest BCUT2D eigenvalue weighted by molar-refractivity contribution is 9.12. The van der Waals surface area contributed by atoms with E-state index in [2.05, 4.69) is 26.7 Å². The van der Waals surface area contributed by atoms with Crippen molar-refractivity contribution in [2.75, 3.05) is 13.2 Å². The van der Waals surface area contributed by atoms with Gasteiger partial charge in [0.1, 0.15) is 6.61 Å². The Kier molecular flexibility index (Phi) is 9.03. The molecule has 0 aliphatic carbocycles. The summed E-state index contributed by atoms with van der Waals surface area (Å²) in [4.78, 5) is 2.57. The summed E-state index contributed by atoms with van der Waals surface area (Å²) in [6.45, 7) is 3.07. The average molecular weight is 215 g/mol. The van der Waals surface area contributed by atoms with Crippen LogP contribution in [0.5, 0.6) is 0 Å². The molecule has 0 amide bonds. The molecule has 0 aromatic heterocycles. The smallest absolute Gasteiger partial charge is 0.109 e. The van der Waals surface area contributed by atoms with E-state index in [1.807, 2.05) is 31.2 Å². The highest BCUT2D eigenvalue weighted by atomic mass is 79.9. The third kappa shape index (κ3) is 9.48. The lowest BCUT2D eigenvalue weighted by molar-refractivity contribution is 0.199. The second kappa shape index (κ2) is 9.48. The van der Waals surface area contributed by atoms with Gasteiger partial charge in [-0.05, 0) is 11.8 Å². The van der Waals surface area contributed by atoms with Gasteiger partial charge in [-0.1, -0.05) is 30.2 Å². The molecule has 0 aromatic carbocycles. The van der Waals surface area contributed by atoms with Crippen molar-refractivity contribution in [3.8, 4) is 10.8 Å². The second-order valence-electron chi connectivity index (χ2n) is 1.74. The SMILES string of the molecule is C/C=C/C=C/COCC#CBr. The van der Waals surface area contributed by atoms with E-state index < -0.39 is 0 Å². The molecule has 0 unspecified atom stereocenters. The molecule has 0 fully saturated rings. The molecule has 0 heterocycles. The summed E-state index contributed by atoms with van der Waals surface area (Å²) in [6.07, 6.45) is 7.81. The van der Waals surface area contributed by atoms with Gasteiger partial charge in [-0.25, -0.2) is 0 Å². The van der Waals surface area contributed by atoms with E-state index in [0.717, 1.165) is 0 Å². The first-order valence-electron chi connectivity index (χ1n) is 3.36. The Balaban J connectivity index is 3.18. The zero-order chi connectivity index (χ0) is 8.36. The van der Waals surface area contributed by atoms with Crippen LogP contribution in [0.2, 0.25) is 0 Å². The van der Waals surface area contributed by atoms with Crippen molar-refractivity contribution in [3.05, 3.63) is 24.3 Å². The maximum absolute atomic E-state index is 5.10. The van der Waals surface area contributed by atoms with Crippen molar-refractivity contribution in [1.29, 1.82) is 0 Å². The lowest BCUT2D eigenvalue weighted by atomic mass is 10.4. The van der Waals surface area contributed by atoms with Gasteiger partial charge >= 0.3 is 0 Å². The van der Waals surface area contributed by atoms with Crippen LogP contribution in [0.15, 0.2) is 24.3 Å². The summed E-state index contributed by atoms with van der Waals surface area (Å²) in [5.41, 5.74) is 0. The van der Waals surface area contributed by atoms with Crippen LogP contribution in [0.25, 0.3) is 0 Å². The van der Waals surface area contributed by atoms with E-state index in [0.29, 0.717) is 13.2 Å². The van der Waals surface area contributed by atoms with Gasteiger partial charge in [0.15, 0.2) is 0 Å². The predicted molar refractivity (Wildman–Crippen MR) is 51.5 cm³/mol. The van der Waals surface area contributed by atoms with E-state index in [1.54, 1.807) is 0 Å². The van der Waals surface area contributed by atoms with Gasteiger partial charge in [0.05, 0.1) is 6.61 Å². The summed E-state index contributed by atoms with van der Waals surface area (Å²) in [6, 6.07) is 0. The van der Waals surface area contributed by atoms with Crippen molar-refractivity contribution < 1.29 is 4.74 Å². The highest BCUT2D eigenvalue weighted by Gasteiger charge is 1.74. The first kappa shape index (κ1) is 10.5. The molecule has 0 aliphatic heterocycles. The Labute approximate surface area is 76.3 Å². The molecule has 0 bridgehead atoms. The maximum atomic E-state index is 5.10. The quantitative estimate of drug-likeness (QED) is 0.397. The van der Waals surface area contributed by atoms with Crippen molar-refractivity contribution in [2.45, 2.75) is 6.92 Å². The average Bonchev–Trinajstić information content (AvgIpc) is 2.03. The molecule has 0 spiro atoms. The zero-order valence-corrected chi connectivity index (χ0v) is 8.10. The van der Waals surface area contributed by atoms with Gasteiger partial charge in [0.25, 0.3) is 0 Å². The van der Waals surface area contributed by atoms with Crippen LogP contribution in [0, 0.1) is 10.8 Å². The van der Waals surface area contributed by atoms with Gasteiger partial charge in [-0.2, -0.15) is 0 Å². The Morgan fingerprint density at radius 1 is 1.45 bits per heavy atom. The van der Waals surface area contributed by atoms with Gasteiger partial charge in [0, 0.05) is 15.9 Å². The minimum Gasteiger partial charge on any atom is -0.365 e. The van der Waals surface area contributed by atoms with Crippen molar-refractivity contribution >= 4 is 15.9 Å². The van der Waals surface area contributed by atoms with E-state index >= 15 is 0 Å². The fourth-order valence-corrected chi connectivity index (χ4v) is 0.565. The van der Waals surface area contributed by atoms with Gasteiger partial charge in [0.2, 0.25) is 0 Å². The summed E-state index contributed by atoms with van der Waals surface area (Å²) < 4.78 is 5.10. The van der Waals surface area contributed by atoms with Crippen LogP contribution >= 0.6 is 15.9 Å². The lowest BCUT2D eigenvalue weighted by Crippen LogP contribution is -1.89. The van der Waals surface area contributed by atoms with Crippen LogP contribution in [0.1, 0.15) is 6.92 Å². The fourth-order valence-electron chi connectivity index (χ4n) is 0.451. The van der Waals surface area contributed by atoms with Crippen molar-refractivity contribution in [1.82, 2.24) is 0 Å². The number of rotatable bonds is 4. The molecular formula is C9H11BrO. The Morgan fingerprint density at radius 2 is 2.27 bits per heavy atom. The van der Waals surface area contributed by atoms with Gasteiger partial charge in [-0.15, -0.1) is 0 Å². The van der Waals surface area contributed by atoms with Crippen LogP contribution in [0.4, 0.5) is 0 Å². The van der Waals surface area contributed by atoms with Crippen LogP contribution in [-0.4, -0.2) is 13.2 Å².